The van der Waals surface area contributed by atoms with Crippen LogP contribution in [0.15, 0.2) is 36.9 Å². The zero-order valence-corrected chi connectivity index (χ0v) is 11.3. The smallest absolute Gasteiger partial charge is 0.335 e. The molecule has 0 bridgehead atoms. The van der Waals surface area contributed by atoms with Gasteiger partial charge >= 0.3 is 5.97 Å². The second-order valence-corrected chi connectivity index (χ2v) is 5.51. The van der Waals surface area contributed by atoms with E-state index in [2.05, 4.69) is 6.58 Å². The highest BCUT2D eigenvalue weighted by molar-refractivity contribution is 5.87. The number of rotatable bonds is 5. The number of hydrogen-bond acceptors (Lipinski definition) is 1. The molecule has 0 aliphatic heterocycles. The Hall–Kier alpha value is -1.57. The largest absolute Gasteiger partial charge is 0.478 e. The van der Waals surface area contributed by atoms with Gasteiger partial charge in [-0.25, -0.2) is 4.79 Å². The number of carboxylic acids is 1. The molecule has 0 saturated heterocycles. The van der Waals surface area contributed by atoms with Crippen molar-refractivity contribution in [1.29, 1.82) is 0 Å². The SMILES string of the molecule is C=CCC[C@H]1CC[C@H](c2ccc(C(=O)O)cc2)CC1. The average molecular weight is 258 g/mol. The second kappa shape index (κ2) is 6.55. The Morgan fingerprint density at radius 2 is 1.84 bits per heavy atom. The number of carboxylic acid groups (broad SMARTS) is 1. The molecule has 2 nitrogen and oxygen atoms in total. The number of carbonyl (C=O) groups is 1. The minimum Gasteiger partial charge on any atom is -0.478 e. The molecule has 2 heteroatoms. The quantitative estimate of drug-likeness (QED) is 0.782. The summed E-state index contributed by atoms with van der Waals surface area (Å²) in [5.74, 6) is 0.620. The first-order chi connectivity index (χ1) is 9.20. The van der Waals surface area contributed by atoms with Crippen LogP contribution in [0, 0.1) is 5.92 Å². The maximum Gasteiger partial charge on any atom is 0.335 e. The van der Waals surface area contributed by atoms with Gasteiger partial charge in [0.25, 0.3) is 0 Å². The molecule has 0 unspecified atom stereocenters. The summed E-state index contributed by atoms with van der Waals surface area (Å²) in [6.45, 7) is 3.78. The Kier molecular flexibility index (Phi) is 4.78. The summed E-state index contributed by atoms with van der Waals surface area (Å²) in [6.07, 6.45) is 9.45. The molecule has 1 aliphatic rings. The normalized spacial score (nSPS) is 22.9. The van der Waals surface area contributed by atoms with E-state index in [0.717, 1.165) is 12.3 Å². The van der Waals surface area contributed by atoms with Gasteiger partial charge in [-0.3, -0.25) is 0 Å². The minimum atomic E-state index is -0.848. The van der Waals surface area contributed by atoms with Crippen molar-refractivity contribution in [2.45, 2.75) is 44.4 Å². The van der Waals surface area contributed by atoms with Crippen LogP contribution in [0.3, 0.4) is 0 Å². The summed E-state index contributed by atoms with van der Waals surface area (Å²) in [5, 5.41) is 8.90. The Morgan fingerprint density at radius 3 is 2.37 bits per heavy atom. The van der Waals surface area contributed by atoms with Gasteiger partial charge in [0.15, 0.2) is 0 Å². The van der Waals surface area contributed by atoms with Gasteiger partial charge in [-0.15, -0.1) is 6.58 Å². The van der Waals surface area contributed by atoms with E-state index in [1.807, 2.05) is 18.2 Å². The monoisotopic (exact) mass is 258 g/mol. The maximum absolute atomic E-state index is 10.8. The lowest BCUT2D eigenvalue weighted by molar-refractivity contribution is 0.0697. The molecule has 1 aromatic carbocycles. The molecule has 1 aliphatic carbocycles. The fourth-order valence-corrected chi connectivity index (χ4v) is 3.04. The summed E-state index contributed by atoms with van der Waals surface area (Å²) < 4.78 is 0. The lowest BCUT2D eigenvalue weighted by Gasteiger charge is -2.28. The van der Waals surface area contributed by atoms with E-state index >= 15 is 0 Å². The highest BCUT2D eigenvalue weighted by Gasteiger charge is 2.21. The third-order valence-electron chi connectivity index (χ3n) is 4.25. The molecule has 0 amide bonds. The molecule has 0 heterocycles. The minimum absolute atomic E-state index is 0.378. The second-order valence-electron chi connectivity index (χ2n) is 5.51. The highest BCUT2D eigenvalue weighted by Crippen LogP contribution is 2.37. The van der Waals surface area contributed by atoms with Crippen molar-refractivity contribution in [3.05, 3.63) is 48.0 Å². The zero-order chi connectivity index (χ0) is 13.7. The molecule has 0 atom stereocenters. The molecular weight excluding hydrogens is 236 g/mol. The molecule has 2 rings (SSSR count). The van der Waals surface area contributed by atoms with Gasteiger partial charge in [0, 0.05) is 0 Å². The Morgan fingerprint density at radius 1 is 1.21 bits per heavy atom. The standard InChI is InChI=1S/C17H22O2/c1-2-3-4-13-5-7-14(8-6-13)15-9-11-16(12-10-15)17(18)19/h2,9-14H,1,3-8H2,(H,18,19)/t13-,14-. The molecular formula is C17H22O2. The van der Waals surface area contributed by atoms with Gasteiger partial charge in [0.05, 0.1) is 5.56 Å². The van der Waals surface area contributed by atoms with E-state index < -0.39 is 5.97 Å². The number of hydrogen-bond donors (Lipinski definition) is 1. The van der Waals surface area contributed by atoms with Gasteiger partial charge in [-0.05, 0) is 68.1 Å². The zero-order valence-electron chi connectivity index (χ0n) is 11.3. The summed E-state index contributed by atoms with van der Waals surface area (Å²) >= 11 is 0. The van der Waals surface area contributed by atoms with Gasteiger partial charge in [-0.2, -0.15) is 0 Å². The van der Waals surface area contributed by atoms with Crippen LogP contribution in [-0.2, 0) is 0 Å². The van der Waals surface area contributed by atoms with Crippen LogP contribution < -0.4 is 0 Å². The predicted octanol–water partition coefficient (Wildman–Crippen LogP) is 4.62. The van der Waals surface area contributed by atoms with E-state index in [-0.39, 0.29) is 0 Å². The van der Waals surface area contributed by atoms with Crippen LogP contribution in [-0.4, -0.2) is 11.1 Å². The summed E-state index contributed by atoms with van der Waals surface area (Å²) in [4.78, 5) is 10.8. The van der Waals surface area contributed by atoms with Crippen LogP contribution in [0.25, 0.3) is 0 Å². The third kappa shape index (κ3) is 3.69. The third-order valence-corrected chi connectivity index (χ3v) is 4.25. The number of allylic oxidation sites excluding steroid dienone is 1. The van der Waals surface area contributed by atoms with Crippen molar-refractivity contribution >= 4 is 5.97 Å². The number of benzene rings is 1. The van der Waals surface area contributed by atoms with Crippen molar-refractivity contribution in [1.82, 2.24) is 0 Å². The maximum atomic E-state index is 10.8. The van der Waals surface area contributed by atoms with E-state index in [9.17, 15) is 4.79 Å². The van der Waals surface area contributed by atoms with E-state index in [1.54, 1.807) is 12.1 Å². The molecule has 0 aromatic heterocycles. The topological polar surface area (TPSA) is 37.3 Å². The fraction of sp³-hybridized carbons (Fsp3) is 0.471. The van der Waals surface area contributed by atoms with Crippen molar-refractivity contribution in [2.24, 2.45) is 5.92 Å². The predicted molar refractivity (Wildman–Crippen MR) is 77.5 cm³/mol. The van der Waals surface area contributed by atoms with Crippen LogP contribution in [0.2, 0.25) is 0 Å². The Labute approximate surface area is 115 Å². The summed E-state index contributed by atoms with van der Waals surface area (Å²) in [7, 11) is 0. The lowest BCUT2D eigenvalue weighted by atomic mass is 9.77. The van der Waals surface area contributed by atoms with Gasteiger partial charge < -0.3 is 5.11 Å². The summed E-state index contributed by atoms with van der Waals surface area (Å²) in [5.41, 5.74) is 1.68. The lowest BCUT2D eigenvalue weighted by Crippen LogP contribution is -2.13. The first-order valence-electron chi connectivity index (χ1n) is 7.15. The average Bonchev–Trinajstić information content (AvgIpc) is 2.46. The molecule has 19 heavy (non-hydrogen) atoms. The van der Waals surface area contributed by atoms with Gasteiger partial charge in [0.1, 0.15) is 0 Å². The molecule has 1 fully saturated rings. The van der Waals surface area contributed by atoms with Crippen LogP contribution >= 0.6 is 0 Å². The van der Waals surface area contributed by atoms with Crippen molar-refractivity contribution in [3.8, 4) is 0 Å². The Bertz CT molecular complexity index is 425. The van der Waals surface area contributed by atoms with Gasteiger partial charge in [0.2, 0.25) is 0 Å². The molecule has 0 spiro atoms. The molecule has 1 N–H and O–H groups in total. The Balaban J connectivity index is 1.90. The van der Waals surface area contributed by atoms with Crippen LogP contribution in [0.5, 0.6) is 0 Å². The van der Waals surface area contributed by atoms with E-state index in [0.29, 0.717) is 11.5 Å². The van der Waals surface area contributed by atoms with E-state index in [1.165, 1.54) is 37.7 Å². The molecule has 0 radical (unpaired) electrons. The van der Waals surface area contributed by atoms with Crippen LogP contribution in [0.1, 0.15) is 60.4 Å². The van der Waals surface area contributed by atoms with Crippen molar-refractivity contribution < 1.29 is 9.90 Å². The summed E-state index contributed by atoms with van der Waals surface area (Å²) in [6, 6.07) is 7.42. The number of aromatic carboxylic acids is 1. The molecule has 1 aromatic rings. The molecule has 1 saturated carbocycles. The first-order valence-corrected chi connectivity index (χ1v) is 7.15. The van der Waals surface area contributed by atoms with Crippen molar-refractivity contribution in [3.63, 3.8) is 0 Å². The van der Waals surface area contributed by atoms with Crippen LogP contribution in [0.4, 0.5) is 0 Å². The highest BCUT2D eigenvalue weighted by atomic mass is 16.4. The first kappa shape index (κ1) is 13.9. The van der Waals surface area contributed by atoms with Crippen molar-refractivity contribution in [2.75, 3.05) is 0 Å². The van der Waals surface area contributed by atoms with E-state index in [4.69, 9.17) is 5.11 Å². The fourth-order valence-electron chi connectivity index (χ4n) is 3.04. The van der Waals surface area contributed by atoms with Gasteiger partial charge in [-0.1, -0.05) is 18.2 Å². The molecule has 102 valence electrons.